The average molecular weight is 488 g/mol. The van der Waals surface area contributed by atoms with Gasteiger partial charge < -0.3 is 14.9 Å². The van der Waals surface area contributed by atoms with Crippen LogP contribution in [0.15, 0.2) is 34.9 Å². The molecule has 0 bridgehead atoms. The molecule has 1 saturated carbocycles. The summed E-state index contributed by atoms with van der Waals surface area (Å²) in [6.07, 6.45) is 11.2. The van der Waals surface area contributed by atoms with Gasteiger partial charge in [-0.15, -0.1) is 6.92 Å². The van der Waals surface area contributed by atoms with Gasteiger partial charge >= 0.3 is 21.7 Å². The van der Waals surface area contributed by atoms with E-state index in [1.807, 2.05) is 0 Å². The van der Waals surface area contributed by atoms with Crippen molar-refractivity contribution in [3.63, 3.8) is 0 Å². The van der Waals surface area contributed by atoms with E-state index < -0.39 is 16.1 Å². The second kappa shape index (κ2) is 10.8. The second-order valence-electron chi connectivity index (χ2n) is 11.0. The Bertz CT molecular complexity index is 824. The number of aryl methyl sites for hydroxylation is 1. The number of benzene rings is 1. The van der Waals surface area contributed by atoms with Crippen LogP contribution in [0.1, 0.15) is 65.4 Å². The molecule has 0 aromatic heterocycles. The third-order valence-electron chi connectivity index (χ3n) is 8.32. The van der Waals surface area contributed by atoms with Crippen LogP contribution in [0.3, 0.4) is 0 Å². The number of allylic oxidation sites excluding steroid dienone is 4. The van der Waals surface area contributed by atoms with Gasteiger partial charge in [0.25, 0.3) is 0 Å². The molecule has 1 fully saturated rings. The van der Waals surface area contributed by atoms with Gasteiger partial charge in [0, 0.05) is 0 Å². The molecule has 0 saturated heterocycles. The average Bonchev–Trinajstić information content (AvgIpc) is 2.84. The van der Waals surface area contributed by atoms with Crippen LogP contribution in [-0.2, 0) is 21.7 Å². The van der Waals surface area contributed by atoms with E-state index >= 15 is 0 Å². The van der Waals surface area contributed by atoms with Gasteiger partial charge in [-0.25, -0.2) is 5.57 Å². The topological polar surface area (TPSA) is 0 Å². The molecular weight excluding hydrogens is 440 g/mol. The largest absolute Gasteiger partial charge is 3.00 e. The summed E-state index contributed by atoms with van der Waals surface area (Å²) in [5.41, 5.74) is 6.82. The van der Waals surface area contributed by atoms with Crippen molar-refractivity contribution in [2.24, 2.45) is 0 Å². The minimum atomic E-state index is -1.87. The minimum Gasteiger partial charge on any atom is -0.358 e. The van der Waals surface area contributed by atoms with Gasteiger partial charge in [0.05, 0.1) is 16.1 Å². The van der Waals surface area contributed by atoms with Gasteiger partial charge in [-0.05, 0) is 12.5 Å². The van der Waals surface area contributed by atoms with E-state index in [1.165, 1.54) is 48.8 Å². The summed E-state index contributed by atoms with van der Waals surface area (Å²) in [6, 6.07) is 7.69. The molecule has 3 heteroatoms. The first-order chi connectivity index (χ1) is 12.9. The Morgan fingerprint density at radius 3 is 1.81 bits per heavy atom. The van der Waals surface area contributed by atoms with Crippen molar-refractivity contribution in [3.05, 3.63) is 61.4 Å². The first-order valence-corrected chi connectivity index (χ1v) is 17.4. The monoisotopic (exact) mass is 487 g/mol. The fraction of sp³-hybridized carbons (Fsp3) is 0.571. The predicted octanol–water partition coefficient (Wildman–Crippen LogP) is 7.92. The maximum atomic E-state index is 4.06. The van der Waals surface area contributed by atoms with Gasteiger partial charge in [-0.2, -0.15) is 11.1 Å². The molecule has 171 valence electrons. The van der Waals surface area contributed by atoms with Crippen molar-refractivity contribution in [2.75, 3.05) is 0 Å². The fourth-order valence-corrected chi connectivity index (χ4v) is 13.1. The fourth-order valence-electron chi connectivity index (χ4n) is 5.87. The Morgan fingerprint density at radius 2 is 1.35 bits per heavy atom. The predicted molar refractivity (Wildman–Crippen MR) is 144 cm³/mol. The molecule has 0 nitrogen and oxygen atoms in total. The van der Waals surface area contributed by atoms with Crippen LogP contribution in [0, 0.1) is 27.9 Å². The molecule has 0 aliphatic heterocycles. The number of rotatable bonds is 4. The molecule has 1 radical (unpaired) electrons. The quantitative estimate of drug-likeness (QED) is 0.299. The summed E-state index contributed by atoms with van der Waals surface area (Å²) in [5.74, 6) is 0. The van der Waals surface area contributed by atoms with Crippen LogP contribution >= 0.6 is 0 Å². The van der Waals surface area contributed by atoms with Crippen LogP contribution < -0.4 is 10.4 Å². The van der Waals surface area contributed by atoms with Gasteiger partial charge in [0.15, 0.2) is 0 Å². The molecule has 0 amide bonds. The van der Waals surface area contributed by atoms with Crippen molar-refractivity contribution in [1.82, 2.24) is 0 Å². The Hall–Kier alpha value is -0.152. The van der Waals surface area contributed by atoms with Crippen molar-refractivity contribution < 1.29 is 21.7 Å². The van der Waals surface area contributed by atoms with Gasteiger partial charge in [-0.3, -0.25) is 6.08 Å². The molecule has 0 spiro atoms. The van der Waals surface area contributed by atoms with Crippen molar-refractivity contribution in [3.8, 4) is 0 Å². The van der Waals surface area contributed by atoms with Gasteiger partial charge in [0.2, 0.25) is 0 Å². The third kappa shape index (κ3) is 5.34. The Labute approximate surface area is 212 Å². The van der Waals surface area contributed by atoms with E-state index in [2.05, 4.69) is 85.1 Å². The molecule has 2 aliphatic rings. The Kier molecular flexibility index (Phi) is 10.8. The number of hydrogen-bond donors (Lipinski definition) is 0. The summed E-state index contributed by atoms with van der Waals surface area (Å²) >= 11 is 0. The van der Waals surface area contributed by atoms with E-state index in [9.17, 15) is 0 Å². The van der Waals surface area contributed by atoms with Crippen LogP contribution in [0.4, 0.5) is 0 Å². The standard InChI is InChI=1S/C26H41Si2.2CH3.Ti/c1-19-15-24(27(6,7)8)17-25(16-19)28(9,23-13-11-10-12-14-23)26(5)18-20(2)21(3)22(26)4;;;/h15-17,23H,10-14H2,1-9H3;2*1H3;/q3*-1;+3. The first kappa shape index (κ1) is 30.8. The SMILES string of the molecule is CC1=[C-]C(C)([Si](C)(c2cc(C)cc([Si](C)(C)C)c2)C2CCCCC2)C(C)=C1C.[CH3-].[CH3-].[Ti+3]. The summed E-state index contributed by atoms with van der Waals surface area (Å²) in [5, 5.41) is 3.46. The normalized spacial score (nSPS) is 23.8. The maximum Gasteiger partial charge on any atom is 3.00 e. The van der Waals surface area contributed by atoms with E-state index in [0.29, 0.717) is 0 Å². The number of hydrogen-bond acceptors (Lipinski definition) is 0. The second-order valence-corrected chi connectivity index (χ2v) is 20.9. The summed E-state index contributed by atoms with van der Waals surface area (Å²) in [6.45, 7) is 22.1. The molecule has 31 heavy (non-hydrogen) atoms. The molecular formula is C28H47Si2Ti. The van der Waals surface area contributed by atoms with Crippen molar-refractivity contribution >= 4 is 26.5 Å². The maximum absolute atomic E-state index is 4.06. The molecule has 2 atom stereocenters. The molecule has 3 rings (SSSR count). The molecule has 1 aromatic carbocycles. The first-order valence-electron chi connectivity index (χ1n) is 11.3. The summed E-state index contributed by atoms with van der Waals surface area (Å²) < 4.78 is 0. The zero-order valence-corrected chi connectivity index (χ0v) is 25.9. The molecule has 0 heterocycles. The van der Waals surface area contributed by atoms with Gasteiger partial charge in [-0.1, -0.05) is 118 Å². The zero-order chi connectivity index (χ0) is 20.9. The van der Waals surface area contributed by atoms with Crippen LogP contribution in [0.2, 0.25) is 36.8 Å². The molecule has 0 N–H and O–H groups in total. The smallest absolute Gasteiger partial charge is 0.358 e. The molecule has 2 unspecified atom stereocenters. The van der Waals surface area contributed by atoms with Crippen LogP contribution in [-0.4, -0.2) is 16.1 Å². The van der Waals surface area contributed by atoms with E-state index in [1.54, 1.807) is 15.9 Å². The van der Waals surface area contributed by atoms with Crippen LogP contribution in [0.5, 0.6) is 0 Å². The molecule has 1 aromatic rings. The van der Waals surface area contributed by atoms with E-state index in [0.717, 1.165) is 5.54 Å². The van der Waals surface area contributed by atoms with Crippen molar-refractivity contribution in [1.29, 1.82) is 0 Å². The van der Waals surface area contributed by atoms with E-state index in [-0.39, 0.29) is 41.6 Å². The summed E-state index contributed by atoms with van der Waals surface area (Å²) in [4.78, 5) is 0. The molecule has 2 aliphatic carbocycles. The van der Waals surface area contributed by atoms with Gasteiger partial charge in [0.1, 0.15) is 0 Å². The Morgan fingerprint density at radius 1 is 0.839 bits per heavy atom. The van der Waals surface area contributed by atoms with E-state index in [4.69, 9.17) is 0 Å². The summed E-state index contributed by atoms with van der Waals surface area (Å²) in [7, 11) is -3.22. The third-order valence-corrected chi connectivity index (χ3v) is 16.6. The van der Waals surface area contributed by atoms with Crippen LogP contribution in [0.25, 0.3) is 0 Å². The van der Waals surface area contributed by atoms with Crippen molar-refractivity contribution in [2.45, 2.75) is 103 Å². The minimum absolute atomic E-state index is 0. The Balaban J connectivity index is 0.00000300. The zero-order valence-electron chi connectivity index (χ0n) is 22.3.